The van der Waals surface area contributed by atoms with Gasteiger partial charge in [0, 0.05) is 6.04 Å². The SMILES string of the molecule is CC[C@@H]1NC[C@@H](C)C[C@@H]1C. The second kappa shape index (κ2) is 3.38. The molecule has 3 atom stereocenters. The lowest BCUT2D eigenvalue weighted by Crippen LogP contribution is -2.43. The first-order valence-electron chi connectivity index (χ1n) is 4.47. The Balaban J connectivity index is 2.36. The van der Waals surface area contributed by atoms with Crippen LogP contribution in [0.1, 0.15) is 33.6 Å². The standard InChI is InChI=1S/C9H19N/c1-4-9-8(3)5-7(2)6-10-9/h7-10H,4-6H2,1-3H3/t7-,8-,9-/m0/s1. The molecule has 1 aliphatic rings. The van der Waals surface area contributed by atoms with Crippen LogP contribution in [0, 0.1) is 11.8 Å². The summed E-state index contributed by atoms with van der Waals surface area (Å²) in [5, 5.41) is 3.57. The van der Waals surface area contributed by atoms with Gasteiger partial charge in [-0.3, -0.25) is 0 Å². The van der Waals surface area contributed by atoms with Gasteiger partial charge in [-0.2, -0.15) is 0 Å². The van der Waals surface area contributed by atoms with Gasteiger partial charge in [-0.25, -0.2) is 0 Å². The zero-order valence-electron chi connectivity index (χ0n) is 7.35. The number of rotatable bonds is 1. The smallest absolute Gasteiger partial charge is 0.00902 e. The molecule has 0 saturated carbocycles. The van der Waals surface area contributed by atoms with Crippen molar-refractivity contribution in [2.45, 2.75) is 39.7 Å². The molecule has 0 aliphatic carbocycles. The molecule has 1 fully saturated rings. The van der Waals surface area contributed by atoms with Gasteiger partial charge in [0.05, 0.1) is 0 Å². The van der Waals surface area contributed by atoms with Crippen LogP contribution in [0.25, 0.3) is 0 Å². The molecule has 0 aromatic carbocycles. The molecule has 1 heteroatoms. The largest absolute Gasteiger partial charge is 0.313 e. The van der Waals surface area contributed by atoms with Gasteiger partial charge in [0.15, 0.2) is 0 Å². The second-order valence-corrected chi connectivity index (χ2v) is 3.74. The minimum atomic E-state index is 0.788. The molecule has 0 aromatic heterocycles. The minimum Gasteiger partial charge on any atom is -0.313 e. The van der Waals surface area contributed by atoms with Crippen LogP contribution in [0.3, 0.4) is 0 Å². The van der Waals surface area contributed by atoms with Crippen molar-refractivity contribution in [1.29, 1.82) is 0 Å². The van der Waals surface area contributed by atoms with Crippen LogP contribution in [-0.2, 0) is 0 Å². The van der Waals surface area contributed by atoms with Crippen molar-refractivity contribution < 1.29 is 0 Å². The van der Waals surface area contributed by atoms with Crippen molar-refractivity contribution in [2.75, 3.05) is 6.54 Å². The normalized spacial score (nSPS) is 41.7. The van der Waals surface area contributed by atoms with Gasteiger partial charge in [0.2, 0.25) is 0 Å². The molecule has 0 aromatic rings. The molecule has 0 radical (unpaired) electrons. The zero-order chi connectivity index (χ0) is 7.56. The maximum absolute atomic E-state index is 3.57. The number of hydrogen-bond donors (Lipinski definition) is 1. The van der Waals surface area contributed by atoms with Crippen LogP contribution in [-0.4, -0.2) is 12.6 Å². The van der Waals surface area contributed by atoms with Crippen molar-refractivity contribution in [3.63, 3.8) is 0 Å². The van der Waals surface area contributed by atoms with Gasteiger partial charge in [-0.05, 0) is 31.2 Å². The maximum atomic E-state index is 3.57. The highest BCUT2D eigenvalue weighted by Crippen LogP contribution is 2.21. The van der Waals surface area contributed by atoms with E-state index >= 15 is 0 Å². The van der Waals surface area contributed by atoms with Crippen molar-refractivity contribution in [1.82, 2.24) is 5.32 Å². The topological polar surface area (TPSA) is 12.0 Å². The predicted octanol–water partition coefficient (Wildman–Crippen LogP) is 2.03. The Hall–Kier alpha value is -0.0400. The molecule has 1 heterocycles. The van der Waals surface area contributed by atoms with E-state index in [-0.39, 0.29) is 0 Å². The molecule has 1 aliphatic heterocycles. The predicted molar refractivity (Wildman–Crippen MR) is 45.0 cm³/mol. The lowest BCUT2D eigenvalue weighted by Gasteiger charge is -2.33. The van der Waals surface area contributed by atoms with Gasteiger partial charge in [-0.15, -0.1) is 0 Å². The molecule has 10 heavy (non-hydrogen) atoms. The van der Waals surface area contributed by atoms with E-state index in [9.17, 15) is 0 Å². The Kier molecular flexibility index (Phi) is 2.72. The molecule has 1 rings (SSSR count). The Morgan fingerprint density at radius 2 is 2.10 bits per heavy atom. The molecule has 1 saturated heterocycles. The van der Waals surface area contributed by atoms with Crippen LogP contribution in [0.2, 0.25) is 0 Å². The van der Waals surface area contributed by atoms with Crippen molar-refractivity contribution in [2.24, 2.45) is 11.8 Å². The first kappa shape index (κ1) is 8.06. The summed E-state index contributed by atoms with van der Waals surface area (Å²) in [5.74, 6) is 1.77. The van der Waals surface area contributed by atoms with Crippen LogP contribution < -0.4 is 5.32 Å². The lowest BCUT2D eigenvalue weighted by molar-refractivity contribution is 0.239. The van der Waals surface area contributed by atoms with Gasteiger partial charge in [-0.1, -0.05) is 20.8 Å². The molecular formula is C9H19N. The summed E-state index contributed by atoms with van der Waals surface area (Å²) in [7, 11) is 0. The van der Waals surface area contributed by atoms with E-state index in [4.69, 9.17) is 0 Å². The molecule has 60 valence electrons. The molecule has 0 bridgehead atoms. The fourth-order valence-electron chi connectivity index (χ4n) is 1.98. The summed E-state index contributed by atoms with van der Waals surface area (Å²) in [4.78, 5) is 0. The Bertz CT molecular complexity index is 101. The second-order valence-electron chi connectivity index (χ2n) is 3.74. The summed E-state index contributed by atoms with van der Waals surface area (Å²) < 4.78 is 0. The third-order valence-corrected chi connectivity index (χ3v) is 2.63. The number of hydrogen-bond acceptors (Lipinski definition) is 1. The fraction of sp³-hybridized carbons (Fsp3) is 1.00. The number of nitrogens with one attached hydrogen (secondary N) is 1. The number of piperidine rings is 1. The summed E-state index contributed by atoms with van der Waals surface area (Å²) in [6.45, 7) is 8.18. The van der Waals surface area contributed by atoms with Crippen molar-refractivity contribution >= 4 is 0 Å². The van der Waals surface area contributed by atoms with Crippen molar-refractivity contribution in [3.05, 3.63) is 0 Å². The minimum absolute atomic E-state index is 0.788. The van der Waals surface area contributed by atoms with E-state index in [1.54, 1.807) is 0 Å². The van der Waals surface area contributed by atoms with E-state index in [2.05, 4.69) is 26.1 Å². The fourth-order valence-corrected chi connectivity index (χ4v) is 1.98. The summed E-state index contributed by atoms with van der Waals surface area (Å²) >= 11 is 0. The lowest BCUT2D eigenvalue weighted by atomic mass is 9.86. The summed E-state index contributed by atoms with van der Waals surface area (Å²) in [6, 6.07) is 0.788. The molecule has 0 amide bonds. The van der Waals surface area contributed by atoms with Gasteiger partial charge < -0.3 is 5.32 Å². The molecule has 1 nitrogen and oxygen atoms in total. The Labute approximate surface area is 64.2 Å². The maximum Gasteiger partial charge on any atom is 0.00902 e. The average molecular weight is 141 g/mol. The van der Waals surface area contributed by atoms with Crippen LogP contribution >= 0.6 is 0 Å². The van der Waals surface area contributed by atoms with E-state index in [0.717, 1.165) is 17.9 Å². The van der Waals surface area contributed by atoms with Gasteiger partial charge >= 0.3 is 0 Å². The Morgan fingerprint density at radius 3 is 2.60 bits per heavy atom. The third-order valence-electron chi connectivity index (χ3n) is 2.63. The van der Waals surface area contributed by atoms with Gasteiger partial charge in [0.1, 0.15) is 0 Å². The molecule has 1 N–H and O–H groups in total. The van der Waals surface area contributed by atoms with Crippen LogP contribution in [0.4, 0.5) is 0 Å². The molecule has 0 spiro atoms. The quantitative estimate of drug-likeness (QED) is 0.589. The first-order chi connectivity index (χ1) is 4.74. The van der Waals surface area contributed by atoms with E-state index < -0.39 is 0 Å². The molecule has 0 unspecified atom stereocenters. The highest BCUT2D eigenvalue weighted by atomic mass is 14.9. The van der Waals surface area contributed by atoms with Gasteiger partial charge in [0.25, 0.3) is 0 Å². The monoisotopic (exact) mass is 141 g/mol. The van der Waals surface area contributed by atoms with Crippen molar-refractivity contribution in [3.8, 4) is 0 Å². The highest BCUT2D eigenvalue weighted by Gasteiger charge is 2.22. The average Bonchev–Trinajstić information content (AvgIpc) is 1.88. The van der Waals surface area contributed by atoms with E-state index in [1.165, 1.54) is 19.4 Å². The zero-order valence-corrected chi connectivity index (χ0v) is 7.35. The summed E-state index contributed by atoms with van der Waals surface area (Å²) in [6.07, 6.45) is 2.69. The van der Waals surface area contributed by atoms with Crippen LogP contribution in [0.15, 0.2) is 0 Å². The summed E-state index contributed by atoms with van der Waals surface area (Å²) in [5.41, 5.74) is 0. The van der Waals surface area contributed by atoms with E-state index in [0.29, 0.717) is 0 Å². The van der Waals surface area contributed by atoms with E-state index in [1.807, 2.05) is 0 Å². The first-order valence-corrected chi connectivity index (χ1v) is 4.47. The molecular weight excluding hydrogens is 122 g/mol. The third kappa shape index (κ3) is 1.72. The Morgan fingerprint density at radius 1 is 1.40 bits per heavy atom. The highest BCUT2D eigenvalue weighted by molar-refractivity contribution is 4.79. The van der Waals surface area contributed by atoms with Crippen LogP contribution in [0.5, 0.6) is 0 Å².